The van der Waals surface area contributed by atoms with E-state index in [0.29, 0.717) is 5.75 Å². The van der Waals surface area contributed by atoms with Crippen LogP contribution in [0, 0.1) is 0 Å². The second-order valence-electron chi connectivity index (χ2n) is 4.57. The number of rotatable bonds is 5. The first-order valence-corrected chi connectivity index (χ1v) is 6.88. The molecule has 1 aromatic rings. The summed E-state index contributed by atoms with van der Waals surface area (Å²) in [6.07, 6.45) is -0.923. The monoisotopic (exact) mass is 342 g/mol. The highest BCUT2D eigenvalue weighted by Gasteiger charge is 2.34. The third-order valence-corrected chi connectivity index (χ3v) is 3.36. The Kier molecular flexibility index (Phi) is 4.61. The van der Waals surface area contributed by atoms with Crippen LogP contribution < -0.4 is 4.74 Å². The topological polar surface area (TPSA) is 70.1 Å². The van der Waals surface area contributed by atoms with E-state index < -0.39 is 12.1 Å². The van der Waals surface area contributed by atoms with Crippen molar-refractivity contribution in [2.24, 2.45) is 0 Å². The van der Waals surface area contributed by atoms with E-state index in [0.717, 1.165) is 9.37 Å². The number of carbonyl (C=O) groups excluding carboxylic acids is 2. The zero-order valence-electron chi connectivity index (χ0n) is 11.0. The van der Waals surface area contributed by atoms with Crippen molar-refractivity contribution in [1.82, 2.24) is 9.80 Å². The molecule has 1 aliphatic rings. The summed E-state index contributed by atoms with van der Waals surface area (Å²) >= 11 is 3.32. The summed E-state index contributed by atoms with van der Waals surface area (Å²) in [5, 5.41) is 9.86. The number of aliphatic hydroxyl groups is 1. The van der Waals surface area contributed by atoms with Crippen LogP contribution >= 0.6 is 15.9 Å². The number of hydrogen-bond donors (Lipinski definition) is 1. The molecule has 0 spiro atoms. The Balaban J connectivity index is 1.85. The smallest absolute Gasteiger partial charge is 0.327 e. The summed E-state index contributed by atoms with van der Waals surface area (Å²) in [5.41, 5.74) is 0. The lowest BCUT2D eigenvalue weighted by Gasteiger charge is -2.18. The lowest BCUT2D eigenvalue weighted by Crippen LogP contribution is -2.40. The molecular formula is C13H15BrN2O4. The van der Waals surface area contributed by atoms with E-state index in [-0.39, 0.29) is 25.6 Å². The van der Waals surface area contributed by atoms with Gasteiger partial charge in [0.25, 0.3) is 0 Å². The standard InChI is InChI=1S/C13H15BrN2O4/c1-15-7-12(18)16(13(15)19)6-10(17)8-20-11-4-2-3-9(14)5-11/h2-5,10,17H,6-8H2,1H3. The zero-order chi connectivity index (χ0) is 14.7. The highest BCUT2D eigenvalue weighted by atomic mass is 79.9. The van der Waals surface area contributed by atoms with Crippen molar-refractivity contribution in [3.05, 3.63) is 28.7 Å². The van der Waals surface area contributed by atoms with Gasteiger partial charge in [-0.25, -0.2) is 4.79 Å². The minimum atomic E-state index is -0.923. The fourth-order valence-electron chi connectivity index (χ4n) is 1.86. The molecule has 1 aliphatic heterocycles. The van der Waals surface area contributed by atoms with Gasteiger partial charge in [0.15, 0.2) is 0 Å². The highest BCUT2D eigenvalue weighted by Crippen LogP contribution is 2.18. The van der Waals surface area contributed by atoms with Crippen LogP contribution in [0.3, 0.4) is 0 Å². The van der Waals surface area contributed by atoms with E-state index in [9.17, 15) is 14.7 Å². The zero-order valence-corrected chi connectivity index (χ0v) is 12.5. The van der Waals surface area contributed by atoms with Crippen LogP contribution in [0.4, 0.5) is 4.79 Å². The number of ether oxygens (including phenoxy) is 1. The van der Waals surface area contributed by atoms with Gasteiger partial charge >= 0.3 is 6.03 Å². The molecule has 7 heteroatoms. The number of halogens is 1. The van der Waals surface area contributed by atoms with E-state index in [4.69, 9.17) is 4.74 Å². The Bertz CT molecular complexity index is 523. The van der Waals surface area contributed by atoms with Crippen molar-refractivity contribution in [3.63, 3.8) is 0 Å². The molecule has 3 amide bonds. The van der Waals surface area contributed by atoms with Gasteiger partial charge in [0.1, 0.15) is 25.0 Å². The van der Waals surface area contributed by atoms with E-state index in [1.807, 2.05) is 12.1 Å². The Morgan fingerprint density at radius 1 is 1.45 bits per heavy atom. The minimum Gasteiger partial charge on any atom is -0.491 e. The molecule has 0 saturated carbocycles. The SMILES string of the molecule is CN1CC(=O)N(CC(O)COc2cccc(Br)c2)C1=O. The summed E-state index contributed by atoms with van der Waals surface area (Å²) in [7, 11) is 1.55. The predicted octanol–water partition coefficient (Wildman–Crippen LogP) is 1.08. The van der Waals surface area contributed by atoms with Crippen LogP contribution in [0.1, 0.15) is 0 Å². The van der Waals surface area contributed by atoms with E-state index in [1.165, 1.54) is 4.90 Å². The summed E-state index contributed by atoms with van der Waals surface area (Å²) in [5.74, 6) is 0.300. The Hall–Kier alpha value is -1.60. The molecule has 1 heterocycles. The van der Waals surface area contributed by atoms with Gasteiger partial charge in [0.05, 0.1) is 6.54 Å². The van der Waals surface area contributed by atoms with Crippen molar-refractivity contribution in [2.75, 3.05) is 26.7 Å². The number of urea groups is 1. The number of nitrogens with zero attached hydrogens (tertiary/aromatic N) is 2. The van der Waals surface area contributed by atoms with Gasteiger partial charge in [-0.3, -0.25) is 9.69 Å². The molecule has 1 aromatic carbocycles. The number of carbonyl (C=O) groups is 2. The Labute approximate surface area is 125 Å². The number of amides is 3. The highest BCUT2D eigenvalue weighted by molar-refractivity contribution is 9.10. The average molecular weight is 343 g/mol. The predicted molar refractivity (Wildman–Crippen MR) is 75.4 cm³/mol. The van der Waals surface area contributed by atoms with Crippen LogP contribution in [0.5, 0.6) is 5.75 Å². The fraction of sp³-hybridized carbons (Fsp3) is 0.385. The summed E-state index contributed by atoms with van der Waals surface area (Å²) in [6, 6.07) is 6.82. The quantitative estimate of drug-likeness (QED) is 0.813. The number of likely N-dealkylation sites (N-methyl/N-ethyl adjacent to an activating group) is 1. The third kappa shape index (κ3) is 3.49. The van der Waals surface area contributed by atoms with Crippen LogP contribution in [0.15, 0.2) is 28.7 Å². The van der Waals surface area contributed by atoms with Crippen LogP contribution in [-0.2, 0) is 4.79 Å². The lowest BCUT2D eigenvalue weighted by atomic mass is 10.3. The molecule has 0 bridgehead atoms. The van der Waals surface area contributed by atoms with Crippen molar-refractivity contribution < 1.29 is 19.4 Å². The van der Waals surface area contributed by atoms with Crippen LogP contribution in [0.2, 0.25) is 0 Å². The van der Waals surface area contributed by atoms with Crippen LogP contribution in [0.25, 0.3) is 0 Å². The molecule has 1 N–H and O–H groups in total. The molecule has 0 aromatic heterocycles. The number of benzene rings is 1. The van der Waals surface area contributed by atoms with Gasteiger partial charge in [-0.2, -0.15) is 0 Å². The van der Waals surface area contributed by atoms with Crippen LogP contribution in [-0.4, -0.2) is 59.7 Å². The van der Waals surface area contributed by atoms with E-state index >= 15 is 0 Å². The molecule has 6 nitrogen and oxygen atoms in total. The molecule has 1 unspecified atom stereocenters. The van der Waals surface area contributed by atoms with E-state index in [1.54, 1.807) is 19.2 Å². The second kappa shape index (κ2) is 6.23. The maximum Gasteiger partial charge on any atom is 0.327 e. The summed E-state index contributed by atoms with van der Waals surface area (Å²) < 4.78 is 6.28. The minimum absolute atomic E-state index is 0.0111. The molecule has 1 fully saturated rings. The molecule has 108 valence electrons. The number of aliphatic hydroxyl groups excluding tert-OH is 1. The second-order valence-corrected chi connectivity index (χ2v) is 5.48. The van der Waals surface area contributed by atoms with E-state index in [2.05, 4.69) is 15.9 Å². The Morgan fingerprint density at radius 3 is 2.80 bits per heavy atom. The first-order valence-electron chi connectivity index (χ1n) is 6.09. The third-order valence-electron chi connectivity index (χ3n) is 2.86. The lowest BCUT2D eigenvalue weighted by molar-refractivity contribution is -0.126. The summed E-state index contributed by atoms with van der Waals surface area (Å²) in [4.78, 5) is 25.5. The van der Waals surface area contributed by atoms with Gasteiger partial charge in [0.2, 0.25) is 5.91 Å². The first kappa shape index (κ1) is 14.8. The number of imide groups is 1. The van der Waals surface area contributed by atoms with Gasteiger partial charge in [-0.1, -0.05) is 22.0 Å². The van der Waals surface area contributed by atoms with Gasteiger partial charge < -0.3 is 14.7 Å². The maximum absolute atomic E-state index is 11.6. The normalized spacial score (nSPS) is 16.8. The number of hydrogen-bond acceptors (Lipinski definition) is 4. The fourth-order valence-corrected chi connectivity index (χ4v) is 2.24. The molecule has 20 heavy (non-hydrogen) atoms. The Morgan fingerprint density at radius 2 is 2.20 bits per heavy atom. The van der Waals surface area contributed by atoms with Gasteiger partial charge in [-0.15, -0.1) is 0 Å². The largest absolute Gasteiger partial charge is 0.491 e. The van der Waals surface area contributed by atoms with Gasteiger partial charge in [0, 0.05) is 11.5 Å². The van der Waals surface area contributed by atoms with Crippen molar-refractivity contribution in [3.8, 4) is 5.75 Å². The van der Waals surface area contributed by atoms with Crippen molar-refractivity contribution in [1.29, 1.82) is 0 Å². The molecule has 2 rings (SSSR count). The molecule has 0 aliphatic carbocycles. The maximum atomic E-state index is 11.6. The summed E-state index contributed by atoms with van der Waals surface area (Å²) in [6.45, 7) is 0.00524. The van der Waals surface area contributed by atoms with Crippen molar-refractivity contribution >= 4 is 27.9 Å². The average Bonchev–Trinajstić information content (AvgIpc) is 2.63. The first-order chi connectivity index (χ1) is 9.47. The van der Waals surface area contributed by atoms with Crippen molar-refractivity contribution in [2.45, 2.75) is 6.10 Å². The molecule has 1 atom stereocenters. The number of β-amino-alcohol motifs (C(OH)–C–C–N with tert-alkyl or cyclic N) is 1. The molecular weight excluding hydrogens is 328 g/mol. The molecule has 1 saturated heterocycles. The molecule has 0 radical (unpaired) electrons. The van der Waals surface area contributed by atoms with Gasteiger partial charge in [-0.05, 0) is 18.2 Å².